The molecule has 2 saturated heterocycles. The van der Waals surface area contributed by atoms with E-state index in [1.165, 1.54) is 4.90 Å². The lowest BCUT2D eigenvalue weighted by Crippen LogP contribution is -2.74. The predicted molar refractivity (Wildman–Crippen MR) is 103 cm³/mol. The first-order chi connectivity index (χ1) is 14.1. The lowest BCUT2D eigenvalue weighted by molar-refractivity contribution is -0.216. The van der Waals surface area contributed by atoms with E-state index in [1.807, 2.05) is 7.05 Å². The number of carbonyl (C=O) groups excluding carboxylic acids is 2. The number of fused-ring (bicyclic) bond motifs is 1. The van der Waals surface area contributed by atoms with Gasteiger partial charge in [-0.05, 0) is 44.6 Å². The van der Waals surface area contributed by atoms with Crippen molar-refractivity contribution in [2.45, 2.75) is 43.1 Å². The van der Waals surface area contributed by atoms with Crippen molar-refractivity contribution >= 4 is 12.2 Å². The largest absolute Gasteiger partial charge is 0.383 e. The number of amides is 1. The highest BCUT2D eigenvalue weighted by molar-refractivity contribution is 5.86. The summed E-state index contributed by atoms with van der Waals surface area (Å²) in [6, 6.07) is 0. The summed E-state index contributed by atoms with van der Waals surface area (Å²) in [4.78, 5) is 31.6. The Morgan fingerprint density at radius 2 is 1.80 bits per heavy atom. The highest BCUT2D eigenvalue weighted by atomic mass is 19.3. The van der Waals surface area contributed by atoms with Crippen LogP contribution in [0.15, 0.2) is 6.33 Å². The summed E-state index contributed by atoms with van der Waals surface area (Å²) in [5, 5.41) is 10.9. The van der Waals surface area contributed by atoms with Crippen molar-refractivity contribution in [3.05, 3.63) is 17.7 Å². The minimum absolute atomic E-state index is 0.0263. The van der Waals surface area contributed by atoms with E-state index >= 15 is 8.78 Å². The second-order valence-corrected chi connectivity index (χ2v) is 10.3. The summed E-state index contributed by atoms with van der Waals surface area (Å²) < 4.78 is 32.0. The molecule has 0 aromatic carbocycles. The zero-order valence-electron chi connectivity index (χ0n) is 17.4. The molecule has 0 radical (unpaired) electrons. The Balaban J connectivity index is 1.25. The lowest BCUT2D eigenvalue weighted by atomic mass is 9.72. The number of aryl methyl sites for hydroxylation is 1. The lowest BCUT2D eigenvalue weighted by Gasteiger charge is -2.60. The van der Waals surface area contributed by atoms with Crippen LogP contribution in [0, 0.1) is 17.3 Å². The summed E-state index contributed by atoms with van der Waals surface area (Å²) in [6.07, 6.45) is 3.41. The van der Waals surface area contributed by atoms with Crippen molar-refractivity contribution in [3.63, 3.8) is 0 Å². The molecule has 1 spiro atoms. The molecule has 2 aliphatic carbocycles. The smallest absolute Gasteiger partial charge is 0.352 e. The van der Waals surface area contributed by atoms with Crippen LogP contribution < -0.4 is 0 Å². The number of aliphatic hydroxyl groups is 1. The highest BCUT2D eigenvalue weighted by Gasteiger charge is 2.67. The van der Waals surface area contributed by atoms with Gasteiger partial charge in [-0.3, -0.25) is 9.59 Å². The zero-order chi connectivity index (χ0) is 21.5. The number of aldehydes is 1. The van der Waals surface area contributed by atoms with Gasteiger partial charge in [0.15, 0.2) is 6.29 Å². The number of rotatable bonds is 4. The number of hydrogen-bond donors (Lipinski definition) is 1. The average Bonchev–Trinajstić information content (AvgIpc) is 3.27. The van der Waals surface area contributed by atoms with Gasteiger partial charge in [0.2, 0.25) is 0 Å². The van der Waals surface area contributed by atoms with Crippen LogP contribution in [0.4, 0.5) is 8.78 Å². The third-order valence-electron chi connectivity index (χ3n) is 7.96. The van der Waals surface area contributed by atoms with Crippen molar-refractivity contribution in [3.8, 4) is 0 Å². The molecule has 30 heavy (non-hydrogen) atoms. The number of carbonyl (C=O) groups is 2. The Morgan fingerprint density at radius 3 is 2.33 bits per heavy atom. The second-order valence-electron chi connectivity index (χ2n) is 10.3. The monoisotopic (exact) mass is 422 g/mol. The van der Waals surface area contributed by atoms with Gasteiger partial charge >= 0.3 is 5.92 Å². The molecule has 1 N–H and O–H groups in total. The molecular weight excluding hydrogens is 394 g/mol. The van der Waals surface area contributed by atoms with Crippen LogP contribution >= 0.6 is 0 Å². The molecule has 1 amide bonds. The zero-order valence-corrected chi connectivity index (χ0v) is 17.4. The van der Waals surface area contributed by atoms with E-state index in [9.17, 15) is 14.7 Å². The van der Waals surface area contributed by atoms with Crippen LogP contribution in [0.1, 0.15) is 47.8 Å². The van der Waals surface area contributed by atoms with Crippen LogP contribution in [0.2, 0.25) is 0 Å². The van der Waals surface area contributed by atoms with Gasteiger partial charge in [0.1, 0.15) is 11.3 Å². The van der Waals surface area contributed by atoms with Crippen LogP contribution in [0.3, 0.4) is 0 Å². The number of aromatic nitrogens is 2. The molecule has 2 unspecified atom stereocenters. The van der Waals surface area contributed by atoms with Gasteiger partial charge < -0.3 is 19.5 Å². The molecule has 2 atom stereocenters. The number of alkyl halides is 2. The van der Waals surface area contributed by atoms with Gasteiger partial charge in [-0.2, -0.15) is 8.78 Å². The maximum Gasteiger partial charge on any atom is 0.352 e. The van der Waals surface area contributed by atoms with Gasteiger partial charge in [0, 0.05) is 44.6 Å². The Bertz CT molecular complexity index is 873. The van der Waals surface area contributed by atoms with E-state index in [-0.39, 0.29) is 36.0 Å². The minimum atomic E-state index is -3.77. The van der Waals surface area contributed by atoms with Crippen LogP contribution in [-0.4, -0.2) is 81.4 Å². The van der Waals surface area contributed by atoms with Crippen LogP contribution in [-0.2, 0) is 11.8 Å². The molecule has 4 fully saturated rings. The Kier molecular flexibility index (Phi) is 4.23. The molecule has 5 rings (SSSR count). The molecule has 164 valence electrons. The second kappa shape index (κ2) is 6.32. The van der Waals surface area contributed by atoms with Gasteiger partial charge in [-0.15, -0.1) is 0 Å². The van der Waals surface area contributed by atoms with Crippen LogP contribution in [0.5, 0.6) is 0 Å². The molecule has 1 aromatic rings. The van der Waals surface area contributed by atoms with Crippen molar-refractivity contribution in [2.24, 2.45) is 24.3 Å². The molecule has 2 aliphatic heterocycles. The van der Waals surface area contributed by atoms with Crippen molar-refractivity contribution in [1.29, 1.82) is 0 Å². The maximum absolute atomic E-state index is 15.2. The number of likely N-dealkylation sites (tertiary alicyclic amines) is 2. The first-order valence-electron chi connectivity index (χ1n) is 10.6. The summed E-state index contributed by atoms with van der Waals surface area (Å²) in [5.41, 5.74) is -1.09. The topological polar surface area (TPSA) is 78.7 Å². The Labute approximate surface area is 174 Å². The maximum atomic E-state index is 15.2. The van der Waals surface area contributed by atoms with Crippen molar-refractivity contribution < 1.29 is 23.5 Å². The molecule has 9 heteroatoms. The molecule has 1 aromatic heterocycles. The van der Waals surface area contributed by atoms with Gasteiger partial charge in [-0.1, -0.05) is 0 Å². The normalized spacial score (nSPS) is 35.2. The average molecular weight is 422 g/mol. The predicted octanol–water partition coefficient (Wildman–Crippen LogP) is 1.28. The van der Waals surface area contributed by atoms with E-state index in [2.05, 4.69) is 9.88 Å². The number of nitrogens with zero attached hydrogens (tertiary/aromatic N) is 4. The van der Waals surface area contributed by atoms with E-state index < -0.39 is 17.4 Å². The number of imidazole rings is 1. The highest BCUT2D eigenvalue weighted by Crippen LogP contribution is 2.58. The molecule has 0 bridgehead atoms. The van der Waals surface area contributed by atoms with E-state index in [0.717, 1.165) is 19.4 Å². The van der Waals surface area contributed by atoms with Crippen LogP contribution in [0.25, 0.3) is 0 Å². The summed E-state index contributed by atoms with van der Waals surface area (Å²) in [6.45, 7) is 2.36. The van der Waals surface area contributed by atoms with Crippen molar-refractivity contribution in [2.75, 3.05) is 33.2 Å². The number of hydrogen-bond acceptors (Lipinski definition) is 5. The third-order valence-corrected chi connectivity index (χ3v) is 7.96. The van der Waals surface area contributed by atoms with Gasteiger partial charge in [0.25, 0.3) is 5.91 Å². The van der Waals surface area contributed by atoms with E-state index in [1.54, 1.807) is 17.9 Å². The fourth-order valence-electron chi connectivity index (χ4n) is 6.66. The first-order valence-corrected chi connectivity index (χ1v) is 10.6. The summed E-state index contributed by atoms with van der Waals surface area (Å²) in [5.74, 6) is -5.16. The molecule has 7 nitrogen and oxygen atoms in total. The molecular formula is C21H28F2N4O3. The third kappa shape index (κ3) is 2.70. The summed E-state index contributed by atoms with van der Waals surface area (Å²) in [7, 11) is 3.73. The van der Waals surface area contributed by atoms with E-state index in [4.69, 9.17) is 0 Å². The minimum Gasteiger partial charge on any atom is -0.383 e. The van der Waals surface area contributed by atoms with Crippen molar-refractivity contribution in [1.82, 2.24) is 19.4 Å². The molecule has 2 saturated carbocycles. The molecule has 4 aliphatic rings. The molecule has 3 heterocycles. The number of halogens is 2. The van der Waals surface area contributed by atoms with Gasteiger partial charge in [0.05, 0.1) is 12.0 Å². The fourth-order valence-corrected chi connectivity index (χ4v) is 6.66. The Morgan fingerprint density at radius 1 is 1.20 bits per heavy atom. The SMILES string of the molecule is CN1CC2(C1)CN(C(=O)C(F)(F)C1(O)CC3CC(c4ncn(C)c4C=O)CC3C1)C2. The fraction of sp³-hybridized carbons (Fsp3) is 0.762. The van der Waals surface area contributed by atoms with Gasteiger partial charge in [-0.25, -0.2) is 4.98 Å². The first kappa shape index (κ1) is 20.1. The standard InChI is InChI=1S/C21H28F2N4O3/c1-25-8-19(9-25)10-27(11-19)18(29)21(22,23)20(30)5-14-3-13(4-15(14)6-20)17-16(7-28)26(2)12-24-17/h7,12-15,30H,3-6,8-11H2,1-2H3. The Hall–Kier alpha value is -1.87. The summed E-state index contributed by atoms with van der Waals surface area (Å²) >= 11 is 0. The quantitative estimate of drug-likeness (QED) is 0.740. The van der Waals surface area contributed by atoms with E-state index in [0.29, 0.717) is 37.3 Å².